The van der Waals surface area contributed by atoms with Crippen LogP contribution in [0.5, 0.6) is 0 Å². The van der Waals surface area contributed by atoms with Gasteiger partial charge in [0, 0.05) is 6.92 Å². The molecule has 12 heavy (non-hydrogen) atoms. The number of esters is 1. The average molecular weight is 174 g/mol. The molecule has 1 atom stereocenters. The molecule has 0 bridgehead atoms. The Balaban J connectivity index is 3.24. The molecule has 0 rings (SSSR count). The van der Waals surface area contributed by atoms with E-state index < -0.39 is 0 Å². The fourth-order valence-electron chi connectivity index (χ4n) is 0.691. The van der Waals surface area contributed by atoms with E-state index in [1.165, 1.54) is 6.92 Å². The van der Waals surface area contributed by atoms with Crippen LogP contribution in [0.2, 0.25) is 0 Å². The molecule has 0 aliphatic carbocycles. The normalized spacial score (nSPS) is 11.8. The van der Waals surface area contributed by atoms with Crippen LogP contribution in [0.25, 0.3) is 0 Å². The first kappa shape index (κ1) is 10.9. The third kappa shape index (κ3) is 7.05. The minimum atomic E-state index is -0.279. The molecular weight excluding hydrogens is 160 g/mol. The smallest absolute Gasteiger partial charge is 0.302 e. The van der Waals surface area contributed by atoms with Crippen LogP contribution in [0.15, 0.2) is 0 Å². The highest BCUT2D eigenvalue weighted by Crippen LogP contribution is 2.01. The highest BCUT2D eigenvalue weighted by Gasteiger charge is 2.02. The van der Waals surface area contributed by atoms with Gasteiger partial charge >= 0.3 is 5.97 Å². The van der Waals surface area contributed by atoms with Gasteiger partial charge in [0.2, 0.25) is 0 Å². The van der Waals surface area contributed by atoms with Crippen LogP contribution < -0.4 is 0 Å². The van der Waals surface area contributed by atoms with Gasteiger partial charge < -0.3 is 9.47 Å². The number of hydrogen-bond donors (Lipinski definition) is 0. The van der Waals surface area contributed by atoms with E-state index in [2.05, 4.69) is 4.74 Å². The summed E-state index contributed by atoms with van der Waals surface area (Å²) in [6, 6.07) is 0. The van der Waals surface area contributed by atoms with Crippen molar-refractivity contribution in [1.82, 2.24) is 0 Å². The molecule has 0 aromatic carbocycles. The van der Waals surface area contributed by atoms with Crippen LogP contribution in [-0.4, -0.2) is 25.7 Å². The Morgan fingerprint density at radius 3 is 2.75 bits per heavy atom. The van der Waals surface area contributed by atoms with Gasteiger partial charge in [-0.25, -0.2) is 0 Å². The van der Waals surface area contributed by atoms with Crippen LogP contribution in [0, 0.1) is 5.92 Å². The Morgan fingerprint density at radius 1 is 1.58 bits per heavy atom. The third-order valence-corrected chi connectivity index (χ3v) is 1.36. The van der Waals surface area contributed by atoms with E-state index in [0.29, 0.717) is 26.1 Å². The zero-order chi connectivity index (χ0) is 9.40. The molecule has 0 radical (unpaired) electrons. The summed E-state index contributed by atoms with van der Waals surface area (Å²) in [6.45, 7) is 4.48. The number of carbonyl (C=O) groups is 2. The van der Waals surface area contributed by atoms with Gasteiger partial charge in [-0.2, -0.15) is 0 Å². The van der Waals surface area contributed by atoms with Gasteiger partial charge in [0.15, 0.2) is 0 Å². The standard InChI is InChI=1S/C8H14O4/c1-7(5-11-6-9)3-4-12-8(2)10/h6-7H,3-5H2,1-2H3. The first-order valence-electron chi connectivity index (χ1n) is 3.85. The molecule has 1 unspecified atom stereocenters. The van der Waals surface area contributed by atoms with E-state index in [4.69, 9.17) is 4.74 Å². The molecular formula is C8H14O4. The summed E-state index contributed by atoms with van der Waals surface area (Å²) in [4.78, 5) is 20.1. The largest absolute Gasteiger partial charge is 0.468 e. The number of ether oxygens (including phenoxy) is 2. The lowest BCUT2D eigenvalue weighted by Crippen LogP contribution is -2.10. The van der Waals surface area contributed by atoms with Gasteiger partial charge in [0.25, 0.3) is 6.47 Å². The van der Waals surface area contributed by atoms with Gasteiger partial charge in [0.05, 0.1) is 13.2 Å². The van der Waals surface area contributed by atoms with Crippen LogP contribution in [-0.2, 0) is 19.1 Å². The SMILES string of the molecule is CC(=O)OCCC(C)COC=O. The number of carbonyl (C=O) groups excluding carboxylic acids is 2. The fraction of sp³-hybridized carbons (Fsp3) is 0.750. The van der Waals surface area contributed by atoms with E-state index in [0.717, 1.165) is 0 Å². The maximum absolute atomic E-state index is 10.3. The van der Waals surface area contributed by atoms with Crippen molar-refractivity contribution in [2.24, 2.45) is 5.92 Å². The molecule has 0 aromatic heterocycles. The quantitative estimate of drug-likeness (QED) is 0.440. The highest BCUT2D eigenvalue weighted by molar-refractivity contribution is 5.65. The van der Waals surface area contributed by atoms with Crippen LogP contribution in [0.1, 0.15) is 20.3 Å². The van der Waals surface area contributed by atoms with Crippen molar-refractivity contribution in [2.45, 2.75) is 20.3 Å². The summed E-state index contributed by atoms with van der Waals surface area (Å²) < 4.78 is 9.24. The maximum atomic E-state index is 10.3. The molecule has 0 amide bonds. The maximum Gasteiger partial charge on any atom is 0.302 e. The monoisotopic (exact) mass is 174 g/mol. The predicted octanol–water partition coefficient (Wildman–Crippen LogP) is 0.749. The molecule has 0 aliphatic heterocycles. The molecule has 4 nitrogen and oxygen atoms in total. The lowest BCUT2D eigenvalue weighted by Gasteiger charge is -2.08. The molecule has 0 fully saturated rings. The van der Waals surface area contributed by atoms with Crippen LogP contribution in [0.4, 0.5) is 0 Å². The lowest BCUT2D eigenvalue weighted by atomic mass is 10.1. The Morgan fingerprint density at radius 2 is 2.25 bits per heavy atom. The van der Waals surface area contributed by atoms with E-state index in [1.807, 2.05) is 6.92 Å². The summed E-state index contributed by atoms with van der Waals surface area (Å²) in [5.74, 6) is -0.0481. The molecule has 4 heteroatoms. The molecule has 0 saturated carbocycles. The molecule has 0 N–H and O–H groups in total. The topological polar surface area (TPSA) is 52.6 Å². The molecule has 0 aromatic rings. The van der Waals surface area contributed by atoms with Crippen molar-refractivity contribution in [3.63, 3.8) is 0 Å². The molecule has 0 heterocycles. The van der Waals surface area contributed by atoms with Crippen LogP contribution in [0.3, 0.4) is 0 Å². The molecule has 0 saturated heterocycles. The van der Waals surface area contributed by atoms with Crippen molar-refractivity contribution in [2.75, 3.05) is 13.2 Å². The minimum Gasteiger partial charge on any atom is -0.468 e. The summed E-state index contributed by atoms with van der Waals surface area (Å²) in [5.41, 5.74) is 0. The molecule has 0 spiro atoms. The Kier molecular flexibility index (Phi) is 6.05. The zero-order valence-electron chi connectivity index (χ0n) is 7.41. The fourth-order valence-corrected chi connectivity index (χ4v) is 0.691. The van der Waals surface area contributed by atoms with Crippen molar-refractivity contribution in [1.29, 1.82) is 0 Å². The second-order valence-electron chi connectivity index (χ2n) is 2.66. The number of hydrogen-bond acceptors (Lipinski definition) is 4. The summed E-state index contributed by atoms with van der Waals surface area (Å²) in [5, 5.41) is 0. The van der Waals surface area contributed by atoms with Gasteiger partial charge in [-0.15, -0.1) is 0 Å². The van der Waals surface area contributed by atoms with Crippen molar-refractivity contribution < 1.29 is 19.1 Å². The van der Waals surface area contributed by atoms with Gasteiger partial charge in [-0.1, -0.05) is 6.92 Å². The zero-order valence-corrected chi connectivity index (χ0v) is 7.41. The lowest BCUT2D eigenvalue weighted by molar-refractivity contribution is -0.141. The average Bonchev–Trinajstić information content (AvgIpc) is 2.00. The first-order valence-corrected chi connectivity index (χ1v) is 3.85. The minimum absolute atomic E-state index is 0.231. The number of rotatable bonds is 6. The van der Waals surface area contributed by atoms with Gasteiger partial charge in [-0.3, -0.25) is 9.59 Å². The molecule has 70 valence electrons. The van der Waals surface area contributed by atoms with E-state index in [-0.39, 0.29) is 11.9 Å². The first-order chi connectivity index (χ1) is 5.66. The van der Waals surface area contributed by atoms with Crippen molar-refractivity contribution in [3.8, 4) is 0 Å². The van der Waals surface area contributed by atoms with E-state index in [9.17, 15) is 9.59 Å². The second-order valence-corrected chi connectivity index (χ2v) is 2.66. The summed E-state index contributed by atoms with van der Waals surface area (Å²) in [6.07, 6.45) is 0.716. The van der Waals surface area contributed by atoms with Gasteiger partial charge in [-0.05, 0) is 12.3 Å². The van der Waals surface area contributed by atoms with Crippen molar-refractivity contribution >= 4 is 12.4 Å². The van der Waals surface area contributed by atoms with Gasteiger partial charge in [0.1, 0.15) is 0 Å². The van der Waals surface area contributed by atoms with Crippen LogP contribution >= 0.6 is 0 Å². The summed E-state index contributed by atoms with van der Waals surface area (Å²) >= 11 is 0. The predicted molar refractivity (Wildman–Crippen MR) is 42.4 cm³/mol. The second kappa shape index (κ2) is 6.64. The Labute approximate surface area is 71.8 Å². The Hall–Kier alpha value is -1.06. The Bertz CT molecular complexity index is 144. The van der Waals surface area contributed by atoms with Crippen molar-refractivity contribution in [3.05, 3.63) is 0 Å². The highest BCUT2D eigenvalue weighted by atomic mass is 16.5. The van der Waals surface area contributed by atoms with E-state index >= 15 is 0 Å². The summed E-state index contributed by atoms with van der Waals surface area (Å²) in [7, 11) is 0. The molecule has 0 aliphatic rings. The third-order valence-electron chi connectivity index (χ3n) is 1.36. The van der Waals surface area contributed by atoms with E-state index in [1.54, 1.807) is 0 Å².